The highest BCUT2D eigenvalue weighted by Crippen LogP contribution is 2.30. The number of ether oxygens (including phenoxy) is 1. The van der Waals surface area contributed by atoms with Crippen LogP contribution in [0.4, 0.5) is 5.69 Å². The van der Waals surface area contributed by atoms with Gasteiger partial charge in [0.1, 0.15) is 12.4 Å². The maximum absolute atomic E-state index is 12.7. The van der Waals surface area contributed by atoms with Gasteiger partial charge in [-0.25, -0.2) is 0 Å². The van der Waals surface area contributed by atoms with Crippen LogP contribution in [0.1, 0.15) is 27.9 Å². The third kappa shape index (κ3) is 6.07. The zero-order chi connectivity index (χ0) is 23.8. The Morgan fingerprint density at radius 3 is 2.38 bits per heavy atom. The van der Waals surface area contributed by atoms with Crippen molar-refractivity contribution in [2.75, 3.05) is 5.32 Å². The monoisotopic (exact) mass is 452 g/mol. The molecule has 0 bridgehead atoms. The van der Waals surface area contributed by atoms with Crippen molar-refractivity contribution in [3.05, 3.63) is 114 Å². The molecular weight excluding hydrogens is 428 g/mol. The van der Waals surface area contributed by atoms with Crippen molar-refractivity contribution in [1.82, 2.24) is 4.98 Å². The normalized spacial score (nSPS) is 10.5. The first-order valence-electron chi connectivity index (χ1n) is 10.9. The highest BCUT2D eigenvalue weighted by atomic mass is 16.5. The summed E-state index contributed by atoms with van der Waals surface area (Å²) in [4.78, 5) is 28.7. The number of pyridine rings is 1. The van der Waals surface area contributed by atoms with Crippen LogP contribution in [0.15, 0.2) is 97.3 Å². The SMILES string of the molecule is O=C(CCc1ccc(C(=O)Nc2cc(-c3ccccc3)ccc2O)cc1)OCc1cccnc1. The van der Waals surface area contributed by atoms with Gasteiger partial charge in [0.05, 0.1) is 5.69 Å². The van der Waals surface area contributed by atoms with E-state index in [2.05, 4.69) is 10.3 Å². The van der Waals surface area contributed by atoms with Crippen LogP contribution in [0, 0.1) is 0 Å². The van der Waals surface area contributed by atoms with Crippen LogP contribution in [0.25, 0.3) is 11.1 Å². The van der Waals surface area contributed by atoms with E-state index < -0.39 is 0 Å². The number of amides is 1. The first kappa shape index (κ1) is 22.7. The Kier molecular flexibility index (Phi) is 7.30. The number of phenolic OH excluding ortho intramolecular Hbond substituents is 1. The molecule has 1 amide bonds. The van der Waals surface area contributed by atoms with Crippen LogP contribution >= 0.6 is 0 Å². The van der Waals surface area contributed by atoms with Crippen molar-refractivity contribution >= 4 is 17.6 Å². The number of hydrogen-bond donors (Lipinski definition) is 2. The predicted octanol–water partition coefficient (Wildman–Crippen LogP) is 5.38. The number of esters is 1. The smallest absolute Gasteiger partial charge is 0.306 e. The Hall–Kier alpha value is -4.45. The van der Waals surface area contributed by atoms with Crippen LogP contribution in [0.2, 0.25) is 0 Å². The average molecular weight is 453 g/mol. The Labute approximate surface area is 197 Å². The number of aromatic nitrogens is 1. The van der Waals surface area contributed by atoms with Gasteiger partial charge in [-0.3, -0.25) is 14.6 Å². The first-order chi connectivity index (χ1) is 16.6. The number of nitrogens with one attached hydrogen (secondary N) is 1. The molecule has 0 aliphatic heterocycles. The molecule has 0 aliphatic rings. The zero-order valence-electron chi connectivity index (χ0n) is 18.5. The van der Waals surface area contributed by atoms with E-state index in [1.807, 2.05) is 48.5 Å². The van der Waals surface area contributed by atoms with Gasteiger partial charge in [-0.15, -0.1) is 0 Å². The second-order valence-corrected chi connectivity index (χ2v) is 7.77. The third-order valence-corrected chi connectivity index (χ3v) is 5.31. The summed E-state index contributed by atoms with van der Waals surface area (Å²) in [7, 11) is 0. The topological polar surface area (TPSA) is 88.5 Å². The summed E-state index contributed by atoms with van der Waals surface area (Å²) in [6, 6.07) is 25.5. The van der Waals surface area contributed by atoms with E-state index in [-0.39, 0.29) is 30.7 Å². The van der Waals surface area contributed by atoms with Crippen LogP contribution < -0.4 is 5.32 Å². The van der Waals surface area contributed by atoms with Crippen molar-refractivity contribution < 1.29 is 19.4 Å². The fraction of sp³-hybridized carbons (Fsp3) is 0.107. The third-order valence-electron chi connectivity index (χ3n) is 5.31. The number of aryl methyl sites for hydroxylation is 1. The molecular formula is C28H24N2O4. The molecule has 4 rings (SSSR count). The minimum atomic E-state index is -0.331. The fourth-order valence-corrected chi connectivity index (χ4v) is 3.43. The van der Waals surface area contributed by atoms with Gasteiger partial charge in [0, 0.05) is 29.9 Å². The van der Waals surface area contributed by atoms with E-state index in [9.17, 15) is 14.7 Å². The molecule has 0 saturated heterocycles. The molecule has 1 aromatic heterocycles. The first-order valence-corrected chi connectivity index (χ1v) is 10.9. The summed E-state index contributed by atoms with van der Waals surface area (Å²) in [6.45, 7) is 0.199. The standard InChI is InChI=1S/C28H24N2O4/c31-26-14-13-24(22-6-2-1-3-7-22)17-25(26)30-28(33)23-11-8-20(9-12-23)10-15-27(32)34-19-21-5-4-16-29-18-21/h1-9,11-14,16-18,31H,10,15,19H2,(H,30,33). The lowest BCUT2D eigenvalue weighted by atomic mass is 10.0. The molecule has 0 spiro atoms. The second-order valence-electron chi connectivity index (χ2n) is 7.77. The number of hydrogen-bond acceptors (Lipinski definition) is 5. The average Bonchev–Trinajstić information content (AvgIpc) is 2.89. The molecule has 0 saturated carbocycles. The summed E-state index contributed by atoms with van der Waals surface area (Å²) in [5.41, 5.74) is 4.43. The van der Waals surface area contributed by atoms with Crippen LogP contribution in [-0.4, -0.2) is 22.0 Å². The number of aromatic hydroxyl groups is 1. The summed E-state index contributed by atoms with van der Waals surface area (Å²) in [6.07, 6.45) is 4.08. The Bertz CT molecular complexity index is 1260. The lowest BCUT2D eigenvalue weighted by Crippen LogP contribution is -2.12. The summed E-state index contributed by atoms with van der Waals surface area (Å²) in [5, 5.41) is 13.0. The van der Waals surface area contributed by atoms with Gasteiger partial charge in [0.15, 0.2) is 0 Å². The number of anilines is 1. The largest absolute Gasteiger partial charge is 0.506 e. The molecule has 0 aliphatic carbocycles. The fourth-order valence-electron chi connectivity index (χ4n) is 3.43. The van der Waals surface area contributed by atoms with E-state index in [1.54, 1.807) is 48.8 Å². The maximum atomic E-state index is 12.7. The molecule has 6 heteroatoms. The summed E-state index contributed by atoms with van der Waals surface area (Å²) < 4.78 is 5.26. The van der Waals surface area contributed by atoms with Gasteiger partial charge >= 0.3 is 5.97 Å². The number of benzene rings is 3. The second kappa shape index (κ2) is 10.9. The molecule has 0 radical (unpaired) electrons. The number of carbonyl (C=O) groups excluding carboxylic acids is 2. The van der Waals surface area contributed by atoms with Gasteiger partial charge in [0.25, 0.3) is 5.91 Å². The van der Waals surface area contributed by atoms with Crippen molar-refractivity contribution in [3.63, 3.8) is 0 Å². The van der Waals surface area contributed by atoms with Crippen LogP contribution in [0.5, 0.6) is 5.75 Å². The zero-order valence-corrected chi connectivity index (χ0v) is 18.5. The van der Waals surface area contributed by atoms with Crippen LogP contribution in [-0.2, 0) is 22.6 Å². The van der Waals surface area contributed by atoms with E-state index in [0.717, 1.165) is 22.3 Å². The Balaban J connectivity index is 1.32. The van der Waals surface area contributed by atoms with Crippen molar-refractivity contribution in [1.29, 1.82) is 0 Å². The quantitative estimate of drug-likeness (QED) is 0.277. The van der Waals surface area contributed by atoms with E-state index in [4.69, 9.17) is 4.74 Å². The van der Waals surface area contributed by atoms with E-state index >= 15 is 0 Å². The molecule has 0 fully saturated rings. The molecule has 0 atom stereocenters. The van der Waals surface area contributed by atoms with Gasteiger partial charge < -0.3 is 15.2 Å². The molecule has 0 unspecified atom stereocenters. The van der Waals surface area contributed by atoms with Gasteiger partial charge in [0.2, 0.25) is 0 Å². The lowest BCUT2D eigenvalue weighted by Gasteiger charge is -2.10. The Morgan fingerprint density at radius 2 is 1.65 bits per heavy atom. The van der Waals surface area contributed by atoms with E-state index in [0.29, 0.717) is 17.7 Å². The number of nitrogens with zero attached hydrogens (tertiary/aromatic N) is 1. The van der Waals surface area contributed by atoms with Crippen molar-refractivity contribution in [3.8, 4) is 16.9 Å². The van der Waals surface area contributed by atoms with E-state index in [1.165, 1.54) is 0 Å². The van der Waals surface area contributed by atoms with Crippen molar-refractivity contribution in [2.45, 2.75) is 19.4 Å². The number of carbonyl (C=O) groups is 2. The van der Waals surface area contributed by atoms with Gasteiger partial charge in [-0.1, -0.05) is 54.6 Å². The predicted molar refractivity (Wildman–Crippen MR) is 130 cm³/mol. The minimum absolute atomic E-state index is 0.00514. The van der Waals surface area contributed by atoms with Gasteiger partial charge in [-0.2, -0.15) is 0 Å². The highest BCUT2D eigenvalue weighted by molar-refractivity contribution is 6.05. The molecule has 34 heavy (non-hydrogen) atoms. The number of phenols is 1. The van der Waals surface area contributed by atoms with Crippen LogP contribution in [0.3, 0.4) is 0 Å². The number of rotatable bonds is 8. The highest BCUT2D eigenvalue weighted by Gasteiger charge is 2.11. The molecule has 4 aromatic rings. The molecule has 2 N–H and O–H groups in total. The molecule has 170 valence electrons. The molecule has 3 aromatic carbocycles. The molecule has 1 heterocycles. The lowest BCUT2D eigenvalue weighted by molar-refractivity contribution is -0.144. The Morgan fingerprint density at radius 1 is 0.853 bits per heavy atom. The van der Waals surface area contributed by atoms with Gasteiger partial charge in [-0.05, 0) is 53.4 Å². The summed E-state index contributed by atoms with van der Waals surface area (Å²) in [5.74, 6) is -0.628. The summed E-state index contributed by atoms with van der Waals surface area (Å²) >= 11 is 0. The molecule has 6 nitrogen and oxygen atoms in total. The maximum Gasteiger partial charge on any atom is 0.306 e. The van der Waals surface area contributed by atoms with Crippen molar-refractivity contribution in [2.24, 2.45) is 0 Å². The minimum Gasteiger partial charge on any atom is -0.506 e.